The summed E-state index contributed by atoms with van der Waals surface area (Å²) in [5, 5.41) is 3.17. The molecule has 1 N–H and O–H groups in total. The third kappa shape index (κ3) is 2.60. The molecular weight excluding hydrogens is 226 g/mol. The number of rotatable bonds is 2. The van der Waals surface area contributed by atoms with Crippen LogP contribution in [-0.4, -0.2) is 11.9 Å². The maximum Gasteiger partial charge on any atom is 0.255 e. The molecule has 1 amide bonds. The van der Waals surface area contributed by atoms with Gasteiger partial charge in [-0.1, -0.05) is 26.7 Å². The standard InChI is InChI=1S/C15H23NO2/c1-9-6-5-7-14(11(9)3)16-15(17)13-8-10(2)18-12(13)4/h8-9,11,14H,5-7H2,1-4H3,(H,16,17)/t9-,11-,14+/m0/s1. The SMILES string of the molecule is Cc1cc(C(=O)N[C@@H]2CCC[C@H](C)[C@@H]2C)c(C)o1. The van der Waals surface area contributed by atoms with Gasteiger partial charge in [0.15, 0.2) is 0 Å². The zero-order valence-corrected chi connectivity index (χ0v) is 11.7. The first-order valence-corrected chi connectivity index (χ1v) is 6.87. The predicted molar refractivity (Wildman–Crippen MR) is 71.6 cm³/mol. The van der Waals surface area contributed by atoms with Gasteiger partial charge in [0.1, 0.15) is 11.5 Å². The molecule has 1 aliphatic rings. The number of aryl methyl sites for hydroxylation is 2. The molecule has 0 spiro atoms. The number of amides is 1. The van der Waals surface area contributed by atoms with Crippen molar-refractivity contribution in [1.82, 2.24) is 5.32 Å². The number of hydrogen-bond acceptors (Lipinski definition) is 2. The smallest absolute Gasteiger partial charge is 0.255 e. The second-order valence-electron chi connectivity index (χ2n) is 5.67. The first-order valence-electron chi connectivity index (χ1n) is 6.87. The van der Waals surface area contributed by atoms with Crippen molar-refractivity contribution in [1.29, 1.82) is 0 Å². The minimum atomic E-state index is 0.00954. The van der Waals surface area contributed by atoms with Gasteiger partial charge in [-0.3, -0.25) is 4.79 Å². The fourth-order valence-corrected chi connectivity index (χ4v) is 2.89. The van der Waals surface area contributed by atoms with E-state index >= 15 is 0 Å². The third-order valence-corrected chi connectivity index (χ3v) is 4.31. The summed E-state index contributed by atoms with van der Waals surface area (Å²) < 4.78 is 5.41. The fraction of sp³-hybridized carbons (Fsp3) is 0.667. The van der Waals surface area contributed by atoms with Crippen LogP contribution in [0.5, 0.6) is 0 Å². The van der Waals surface area contributed by atoms with Crippen molar-refractivity contribution in [2.45, 2.75) is 53.0 Å². The Bertz CT molecular complexity index is 436. The molecule has 0 unspecified atom stereocenters. The summed E-state index contributed by atoms with van der Waals surface area (Å²) in [6.45, 7) is 8.22. The minimum absolute atomic E-state index is 0.00954. The van der Waals surface area contributed by atoms with E-state index in [2.05, 4.69) is 19.2 Å². The van der Waals surface area contributed by atoms with Crippen molar-refractivity contribution >= 4 is 5.91 Å². The topological polar surface area (TPSA) is 42.2 Å². The van der Waals surface area contributed by atoms with Crippen LogP contribution in [0.25, 0.3) is 0 Å². The molecule has 0 bridgehead atoms. The highest BCUT2D eigenvalue weighted by atomic mass is 16.3. The summed E-state index contributed by atoms with van der Waals surface area (Å²) >= 11 is 0. The molecule has 3 atom stereocenters. The Balaban J connectivity index is 2.05. The molecule has 1 saturated carbocycles. The average Bonchev–Trinajstić information content (AvgIpc) is 2.64. The first-order chi connectivity index (χ1) is 8.49. The van der Waals surface area contributed by atoms with E-state index in [4.69, 9.17) is 4.42 Å². The molecule has 1 aromatic rings. The molecule has 0 radical (unpaired) electrons. The van der Waals surface area contributed by atoms with Gasteiger partial charge in [-0.15, -0.1) is 0 Å². The molecule has 18 heavy (non-hydrogen) atoms. The summed E-state index contributed by atoms with van der Waals surface area (Å²) in [6.07, 6.45) is 3.57. The van der Waals surface area contributed by atoms with E-state index in [1.807, 2.05) is 19.9 Å². The lowest BCUT2D eigenvalue weighted by atomic mass is 9.78. The van der Waals surface area contributed by atoms with Crippen LogP contribution in [-0.2, 0) is 0 Å². The van der Waals surface area contributed by atoms with E-state index in [-0.39, 0.29) is 5.91 Å². The van der Waals surface area contributed by atoms with Crippen LogP contribution in [0.2, 0.25) is 0 Å². The monoisotopic (exact) mass is 249 g/mol. The Labute approximate surface area is 109 Å². The molecule has 0 aliphatic heterocycles. The lowest BCUT2D eigenvalue weighted by Crippen LogP contribution is -2.43. The quantitative estimate of drug-likeness (QED) is 0.872. The van der Waals surface area contributed by atoms with Crippen molar-refractivity contribution < 1.29 is 9.21 Å². The molecule has 1 fully saturated rings. The Kier molecular flexibility index (Phi) is 3.79. The van der Waals surface area contributed by atoms with Gasteiger partial charge < -0.3 is 9.73 Å². The van der Waals surface area contributed by atoms with Crippen LogP contribution in [0.4, 0.5) is 0 Å². The highest BCUT2D eigenvalue weighted by Gasteiger charge is 2.29. The lowest BCUT2D eigenvalue weighted by molar-refractivity contribution is 0.0889. The summed E-state index contributed by atoms with van der Waals surface area (Å²) in [4.78, 5) is 12.2. The summed E-state index contributed by atoms with van der Waals surface area (Å²) in [5.74, 6) is 2.76. The third-order valence-electron chi connectivity index (χ3n) is 4.31. The second-order valence-corrected chi connectivity index (χ2v) is 5.67. The first kappa shape index (κ1) is 13.2. The Morgan fingerprint density at radius 3 is 2.67 bits per heavy atom. The van der Waals surface area contributed by atoms with Crippen LogP contribution in [0, 0.1) is 25.7 Å². The summed E-state index contributed by atoms with van der Waals surface area (Å²) in [7, 11) is 0. The van der Waals surface area contributed by atoms with E-state index < -0.39 is 0 Å². The van der Waals surface area contributed by atoms with Gasteiger partial charge >= 0.3 is 0 Å². The zero-order valence-electron chi connectivity index (χ0n) is 11.7. The van der Waals surface area contributed by atoms with Crippen molar-refractivity contribution in [3.05, 3.63) is 23.2 Å². The summed E-state index contributed by atoms with van der Waals surface area (Å²) in [5.41, 5.74) is 0.679. The molecule has 1 aliphatic carbocycles. The molecule has 100 valence electrons. The highest BCUT2D eigenvalue weighted by molar-refractivity contribution is 5.95. The van der Waals surface area contributed by atoms with Gasteiger partial charge in [-0.25, -0.2) is 0 Å². The molecule has 2 rings (SSSR count). The molecule has 1 heterocycles. The van der Waals surface area contributed by atoms with Crippen molar-refractivity contribution in [3.63, 3.8) is 0 Å². The van der Waals surface area contributed by atoms with Crippen molar-refractivity contribution in [2.75, 3.05) is 0 Å². The van der Waals surface area contributed by atoms with E-state index in [0.717, 1.165) is 12.2 Å². The predicted octanol–water partition coefficient (Wildman–Crippen LogP) is 3.45. The van der Waals surface area contributed by atoms with E-state index in [1.165, 1.54) is 12.8 Å². The number of nitrogens with one attached hydrogen (secondary N) is 1. The van der Waals surface area contributed by atoms with Gasteiger partial charge in [-0.2, -0.15) is 0 Å². The van der Waals surface area contributed by atoms with E-state index in [0.29, 0.717) is 29.2 Å². The zero-order chi connectivity index (χ0) is 13.3. The Hall–Kier alpha value is -1.25. The number of carbonyl (C=O) groups excluding carboxylic acids is 1. The molecular formula is C15H23NO2. The van der Waals surface area contributed by atoms with Crippen LogP contribution in [0.15, 0.2) is 10.5 Å². The van der Waals surface area contributed by atoms with Gasteiger partial charge in [0.05, 0.1) is 5.56 Å². The maximum atomic E-state index is 12.2. The van der Waals surface area contributed by atoms with Crippen molar-refractivity contribution in [2.24, 2.45) is 11.8 Å². The van der Waals surface area contributed by atoms with Crippen LogP contribution < -0.4 is 5.32 Å². The molecule has 3 nitrogen and oxygen atoms in total. The van der Waals surface area contributed by atoms with Gasteiger partial charge in [0.2, 0.25) is 0 Å². The molecule has 0 saturated heterocycles. The Morgan fingerprint density at radius 1 is 1.33 bits per heavy atom. The van der Waals surface area contributed by atoms with Crippen molar-refractivity contribution in [3.8, 4) is 0 Å². The van der Waals surface area contributed by atoms with Gasteiger partial charge in [-0.05, 0) is 38.2 Å². The van der Waals surface area contributed by atoms with E-state index in [1.54, 1.807) is 0 Å². The fourth-order valence-electron chi connectivity index (χ4n) is 2.89. The number of hydrogen-bond donors (Lipinski definition) is 1. The second kappa shape index (κ2) is 5.17. The van der Waals surface area contributed by atoms with Gasteiger partial charge in [0.25, 0.3) is 5.91 Å². The van der Waals surface area contributed by atoms with Crippen LogP contribution in [0.1, 0.15) is 55.0 Å². The van der Waals surface area contributed by atoms with Gasteiger partial charge in [0, 0.05) is 6.04 Å². The maximum absolute atomic E-state index is 12.2. The van der Waals surface area contributed by atoms with Crippen LogP contribution in [0.3, 0.4) is 0 Å². The van der Waals surface area contributed by atoms with Crippen LogP contribution >= 0.6 is 0 Å². The Morgan fingerprint density at radius 2 is 2.06 bits per heavy atom. The summed E-state index contributed by atoms with van der Waals surface area (Å²) in [6, 6.07) is 2.12. The molecule has 3 heteroatoms. The average molecular weight is 249 g/mol. The molecule has 1 aromatic heterocycles. The highest BCUT2D eigenvalue weighted by Crippen LogP contribution is 2.29. The van der Waals surface area contributed by atoms with E-state index in [9.17, 15) is 4.79 Å². The number of furan rings is 1. The lowest BCUT2D eigenvalue weighted by Gasteiger charge is -2.34. The minimum Gasteiger partial charge on any atom is -0.466 e. The normalized spacial score (nSPS) is 28.1. The largest absolute Gasteiger partial charge is 0.466 e. The number of carbonyl (C=O) groups is 1. The molecule has 0 aromatic carbocycles.